The summed E-state index contributed by atoms with van der Waals surface area (Å²) < 4.78 is 21.0. The van der Waals surface area contributed by atoms with Gasteiger partial charge in [0.05, 0.1) is 30.6 Å². The van der Waals surface area contributed by atoms with Gasteiger partial charge in [0.1, 0.15) is 23.4 Å². The smallest absolute Gasteiger partial charge is 0.185 e. The maximum absolute atomic E-state index is 15.6. The molecule has 2 saturated heterocycles. The van der Waals surface area contributed by atoms with E-state index in [0.717, 1.165) is 19.3 Å². The summed E-state index contributed by atoms with van der Waals surface area (Å²) in [5, 5.41) is 31.1. The fraction of sp³-hybridized carbons (Fsp3) is 0.500. The zero-order valence-corrected chi connectivity index (χ0v) is 21.3. The van der Waals surface area contributed by atoms with Crippen molar-refractivity contribution in [1.82, 2.24) is 30.7 Å². The van der Waals surface area contributed by atoms with E-state index in [4.69, 9.17) is 4.74 Å². The minimum Gasteiger partial charge on any atom is -0.507 e. The number of phenolic OH excluding ortho intramolecular Hbond substituents is 1. The predicted octanol–water partition coefficient (Wildman–Crippen LogP) is 3.86. The molecule has 2 aliphatic heterocycles. The molecule has 0 radical (unpaired) electrons. The van der Waals surface area contributed by atoms with Crippen LogP contribution in [0.1, 0.15) is 45.2 Å². The Labute approximate surface area is 210 Å². The quantitative estimate of drug-likeness (QED) is 0.548. The zero-order chi connectivity index (χ0) is 25.7. The number of nitrogens with one attached hydrogen (secondary N) is 1. The van der Waals surface area contributed by atoms with E-state index in [2.05, 4.69) is 37.6 Å². The number of halogens is 1. The third kappa shape index (κ3) is 4.23. The van der Waals surface area contributed by atoms with Gasteiger partial charge in [0, 0.05) is 29.8 Å². The topological polar surface area (TPSA) is 109 Å². The molecule has 5 rings (SSSR count). The molecule has 9 nitrogen and oxygen atoms in total. The predicted molar refractivity (Wildman–Crippen MR) is 135 cm³/mol. The number of aryl methyl sites for hydroxylation is 1. The van der Waals surface area contributed by atoms with E-state index in [1.165, 1.54) is 0 Å². The van der Waals surface area contributed by atoms with E-state index >= 15 is 4.39 Å². The van der Waals surface area contributed by atoms with Crippen molar-refractivity contribution >= 4 is 5.82 Å². The van der Waals surface area contributed by atoms with Gasteiger partial charge in [-0.25, -0.2) is 9.37 Å². The van der Waals surface area contributed by atoms with Gasteiger partial charge in [0.2, 0.25) is 0 Å². The second kappa shape index (κ2) is 8.92. The summed E-state index contributed by atoms with van der Waals surface area (Å²) in [5.41, 5.74) is 1.72. The molecule has 4 atom stereocenters. The lowest BCUT2D eigenvalue weighted by atomic mass is 9.68. The van der Waals surface area contributed by atoms with Gasteiger partial charge in [0.25, 0.3) is 0 Å². The highest BCUT2D eigenvalue weighted by molar-refractivity contribution is 5.71. The SMILES string of the molecule is COc1cc(-c2ccc(-c3ncc(N(C)[C@H]4C[C@]5(C)CCC[C@@](C)(N5)[C@H]4F)nn3)c(O)c2)nnc1C. The molecule has 2 N–H and O–H groups in total. The number of nitrogens with zero attached hydrogens (tertiary/aromatic N) is 6. The van der Waals surface area contributed by atoms with Gasteiger partial charge in [-0.1, -0.05) is 6.07 Å². The molecule has 2 aliphatic rings. The number of piperidine rings is 2. The first-order chi connectivity index (χ1) is 17.1. The summed E-state index contributed by atoms with van der Waals surface area (Å²) in [5.74, 6) is 1.39. The lowest BCUT2D eigenvalue weighted by molar-refractivity contribution is 0.00193. The Hall–Kier alpha value is -3.40. The third-order valence-electron chi connectivity index (χ3n) is 7.71. The molecule has 4 heterocycles. The van der Waals surface area contributed by atoms with Crippen molar-refractivity contribution < 1.29 is 14.2 Å². The van der Waals surface area contributed by atoms with E-state index in [9.17, 15) is 5.11 Å². The van der Waals surface area contributed by atoms with Gasteiger partial charge in [0.15, 0.2) is 11.6 Å². The maximum Gasteiger partial charge on any atom is 0.185 e. The highest BCUT2D eigenvalue weighted by Crippen LogP contribution is 2.43. The normalized spacial score (nSPS) is 27.5. The van der Waals surface area contributed by atoms with E-state index in [0.29, 0.717) is 40.5 Å². The Balaban J connectivity index is 1.37. The molecule has 0 spiro atoms. The van der Waals surface area contributed by atoms with Crippen molar-refractivity contribution in [3.05, 3.63) is 36.2 Å². The molecule has 2 fully saturated rings. The first kappa shape index (κ1) is 24.3. The Morgan fingerprint density at radius 3 is 2.64 bits per heavy atom. The highest BCUT2D eigenvalue weighted by Gasteiger charge is 2.53. The molecule has 2 aromatic heterocycles. The largest absolute Gasteiger partial charge is 0.507 e. The van der Waals surface area contributed by atoms with Crippen molar-refractivity contribution in [3.8, 4) is 34.1 Å². The molecule has 36 heavy (non-hydrogen) atoms. The van der Waals surface area contributed by atoms with Gasteiger partial charge in [-0.15, -0.1) is 15.3 Å². The van der Waals surface area contributed by atoms with Crippen molar-refractivity contribution in [2.24, 2.45) is 0 Å². The number of aromatic nitrogens is 5. The molecular weight excluding hydrogens is 461 g/mol. The molecule has 0 aliphatic carbocycles. The van der Waals surface area contributed by atoms with Crippen molar-refractivity contribution in [1.29, 1.82) is 0 Å². The molecule has 3 aromatic rings. The van der Waals surface area contributed by atoms with Crippen LogP contribution in [0.3, 0.4) is 0 Å². The molecule has 10 heteroatoms. The number of ether oxygens (including phenoxy) is 1. The number of fused-ring (bicyclic) bond motifs is 2. The fourth-order valence-corrected chi connectivity index (χ4v) is 5.73. The number of benzene rings is 1. The Bertz CT molecular complexity index is 1270. The summed E-state index contributed by atoms with van der Waals surface area (Å²) in [4.78, 5) is 6.29. The number of hydrogen-bond acceptors (Lipinski definition) is 9. The third-order valence-corrected chi connectivity index (χ3v) is 7.71. The van der Waals surface area contributed by atoms with E-state index in [1.54, 1.807) is 37.6 Å². The summed E-state index contributed by atoms with van der Waals surface area (Å²) in [7, 11) is 3.42. The first-order valence-electron chi connectivity index (χ1n) is 12.2. The van der Waals surface area contributed by atoms with Crippen LogP contribution in [0, 0.1) is 6.92 Å². The standard InChI is InChI=1S/C26H32FN7O2/c1-15-21(36-5)12-18(30-29-15)16-7-8-17(20(35)11-16)24-28-14-22(31-32-24)34(4)19-13-25(2)9-6-10-26(3,33-25)23(19)27/h7-8,11-12,14,19,23,33,35H,6,9-10,13H2,1-5H3/t19-,23-,25-,26+/m0/s1. The van der Waals surface area contributed by atoms with Crippen LogP contribution in [0.15, 0.2) is 30.5 Å². The molecule has 2 bridgehead atoms. The summed E-state index contributed by atoms with van der Waals surface area (Å²) >= 11 is 0. The Morgan fingerprint density at radius 2 is 1.94 bits per heavy atom. The zero-order valence-electron chi connectivity index (χ0n) is 21.3. The van der Waals surface area contributed by atoms with Crippen LogP contribution in [0.25, 0.3) is 22.6 Å². The molecule has 1 aromatic carbocycles. The molecule has 190 valence electrons. The number of methoxy groups -OCH3 is 1. The highest BCUT2D eigenvalue weighted by atomic mass is 19.1. The second-order valence-electron chi connectivity index (χ2n) is 10.5. The van der Waals surface area contributed by atoms with Gasteiger partial charge >= 0.3 is 0 Å². The number of aromatic hydroxyl groups is 1. The average molecular weight is 494 g/mol. The van der Waals surface area contributed by atoms with Crippen molar-refractivity contribution in [3.63, 3.8) is 0 Å². The number of phenols is 1. The van der Waals surface area contributed by atoms with E-state index < -0.39 is 11.7 Å². The lowest BCUT2D eigenvalue weighted by Gasteiger charge is -2.56. The summed E-state index contributed by atoms with van der Waals surface area (Å²) in [6.45, 7) is 5.97. The minimum absolute atomic E-state index is 0.00685. The number of rotatable bonds is 5. The van der Waals surface area contributed by atoms with Crippen LogP contribution in [0.4, 0.5) is 10.2 Å². The summed E-state index contributed by atoms with van der Waals surface area (Å²) in [6.07, 6.45) is 4.09. The number of anilines is 1. The van der Waals surface area contributed by atoms with Crippen LogP contribution in [-0.4, -0.2) is 67.9 Å². The van der Waals surface area contributed by atoms with Gasteiger partial charge < -0.3 is 20.1 Å². The second-order valence-corrected chi connectivity index (χ2v) is 10.5. The van der Waals surface area contributed by atoms with Crippen LogP contribution in [0.2, 0.25) is 0 Å². The number of hydrogen-bond donors (Lipinski definition) is 2. The van der Waals surface area contributed by atoms with E-state index in [-0.39, 0.29) is 23.2 Å². The van der Waals surface area contributed by atoms with Crippen molar-refractivity contribution in [2.45, 2.75) is 69.7 Å². The van der Waals surface area contributed by atoms with Gasteiger partial charge in [-0.2, -0.15) is 5.10 Å². The minimum atomic E-state index is -1.04. The van der Waals surface area contributed by atoms with Gasteiger partial charge in [-0.3, -0.25) is 0 Å². The summed E-state index contributed by atoms with van der Waals surface area (Å²) in [6, 6.07) is 6.55. The van der Waals surface area contributed by atoms with Crippen LogP contribution in [-0.2, 0) is 0 Å². The van der Waals surface area contributed by atoms with Crippen LogP contribution < -0.4 is 15.0 Å². The lowest BCUT2D eigenvalue weighted by Crippen LogP contribution is -2.72. The molecule has 0 amide bonds. The maximum atomic E-state index is 15.6. The monoisotopic (exact) mass is 493 g/mol. The number of alkyl halides is 1. The Kier molecular flexibility index (Phi) is 6.02. The first-order valence-corrected chi connectivity index (χ1v) is 12.2. The fourth-order valence-electron chi connectivity index (χ4n) is 5.73. The van der Waals surface area contributed by atoms with E-state index in [1.807, 2.05) is 25.8 Å². The Morgan fingerprint density at radius 1 is 1.14 bits per heavy atom. The van der Waals surface area contributed by atoms with Gasteiger partial charge in [-0.05, 0) is 58.6 Å². The molecule has 0 unspecified atom stereocenters. The van der Waals surface area contributed by atoms with Crippen LogP contribution in [0.5, 0.6) is 11.5 Å². The average Bonchev–Trinajstić information content (AvgIpc) is 2.86. The molecule has 0 saturated carbocycles. The molecular formula is C26H32FN7O2. The van der Waals surface area contributed by atoms with Crippen molar-refractivity contribution in [2.75, 3.05) is 19.1 Å². The van der Waals surface area contributed by atoms with Crippen LogP contribution >= 0.6 is 0 Å².